The summed E-state index contributed by atoms with van der Waals surface area (Å²) in [7, 11) is 0.0721. The zero-order chi connectivity index (χ0) is 53.7. The summed E-state index contributed by atoms with van der Waals surface area (Å²) in [6, 6.07) is 20.9. The number of hydrogen-bond donors (Lipinski definition) is 3. The molecular weight excluding hydrogens is 1060 g/mol. The molecule has 2 unspecified atom stereocenters. The van der Waals surface area contributed by atoms with E-state index in [2.05, 4.69) is 113 Å². The molecule has 2 saturated heterocycles. The molecule has 70 heavy (non-hydrogen) atoms. The Kier molecular flexibility index (Phi) is 35.5. The summed E-state index contributed by atoms with van der Waals surface area (Å²) in [5, 5.41) is 30.7. The summed E-state index contributed by atoms with van der Waals surface area (Å²) in [4.78, 5) is 0. The minimum absolute atomic E-state index is 0. The second-order valence-corrected chi connectivity index (χ2v) is 23.3. The molecule has 2 heterocycles. The average molecular weight is 1160 g/mol. The van der Waals surface area contributed by atoms with E-state index in [0.29, 0.717) is 5.92 Å². The number of methoxy groups -OCH3 is 2. The van der Waals surface area contributed by atoms with Gasteiger partial charge in [-0.1, -0.05) is 161 Å². The van der Waals surface area contributed by atoms with Crippen LogP contribution >= 0.6 is 0 Å². The van der Waals surface area contributed by atoms with Gasteiger partial charge in [0.05, 0.1) is 35.4 Å². The fourth-order valence-corrected chi connectivity index (χ4v) is 12.7. The molecule has 2 aromatic rings. The number of rotatable bonds is 21. The quantitative estimate of drug-likeness (QED) is 0.0157. The van der Waals surface area contributed by atoms with Gasteiger partial charge in [0.15, 0.2) is 11.6 Å². The van der Waals surface area contributed by atoms with Crippen molar-refractivity contribution in [3.8, 4) is 11.8 Å². The maximum atomic E-state index is 11.1. The van der Waals surface area contributed by atoms with Gasteiger partial charge < -0.3 is 68.4 Å². The second-order valence-electron chi connectivity index (χ2n) is 18.5. The fraction of sp³-hybridized carbons (Fsp3) is 0.673. The summed E-state index contributed by atoms with van der Waals surface area (Å²) in [6.07, 6.45) is 3.08. The zero-order valence-electron chi connectivity index (χ0n) is 47.3. The predicted molar refractivity (Wildman–Crippen MR) is 283 cm³/mol. The van der Waals surface area contributed by atoms with Crippen LogP contribution in [-0.4, -0.2) is 167 Å². The van der Waals surface area contributed by atoms with E-state index < -0.39 is 61.4 Å². The van der Waals surface area contributed by atoms with Crippen LogP contribution in [0.5, 0.6) is 0 Å². The molecule has 2 aromatic carbocycles. The van der Waals surface area contributed by atoms with E-state index in [1.165, 1.54) is 25.2 Å². The van der Waals surface area contributed by atoms with Gasteiger partial charge in [0, 0.05) is 18.4 Å². The van der Waals surface area contributed by atoms with Crippen molar-refractivity contribution in [2.75, 3.05) is 27.8 Å². The van der Waals surface area contributed by atoms with E-state index >= 15 is 0 Å². The van der Waals surface area contributed by atoms with Crippen molar-refractivity contribution in [3.05, 3.63) is 80.2 Å². The van der Waals surface area contributed by atoms with Gasteiger partial charge in [-0.2, -0.15) is 0 Å². The monoisotopic (exact) mass is 1160 g/mol. The van der Waals surface area contributed by atoms with Gasteiger partial charge in [-0.15, -0.1) is 0 Å². The largest absolute Gasteiger partial charge is 2.00 e. The number of aliphatic hydroxyl groups is 2. The third-order valence-corrected chi connectivity index (χ3v) is 16.0. The van der Waals surface area contributed by atoms with E-state index in [4.69, 9.17) is 58.7 Å². The summed E-state index contributed by atoms with van der Waals surface area (Å²) in [5.74, 6) is 5.04. The van der Waals surface area contributed by atoms with Crippen molar-refractivity contribution in [2.45, 2.75) is 195 Å². The average Bonchev–Trinajstić information content (AvgIpc) is 3.82. The molecule has 0 aliphatic carbocycles. The minimum Gasteiger partial charge on any atom is -0.401 e. The van der Waals surface area contributed by atoms with E-state index in [-0.39, 0.29) is 101 Å². The molecule has 2 fully saturated rings. The van der Waals surface area contributed by atoms with Crippen LogP contribution in [-0.2, 0) is 66.1 Å². The second kappa shape index (κ2) is 36.0. The van der Waals surface area contributed by atoms with Gasteiger partial charge in [-0.25, -0.2) is 0 Å². The molecule has 0 radical (unpaired) electrons. The molecule has 0 bridgehead atoms. The van der Waals surface area contributed by atoms with Gasteiger partial charge in [0.1, 0.15) is 44.1 Å². The molecule has 18 heteroatoms. The zero-order valence-corrected chi connectivity index (χ0v) is 51.6. The molecule has 0 saturated carbocycles. The van der Waals surface area contributed by atoms with Crippen molar-refractivity contribution in [3.63, 3.8) is 0 Å². The Morgan fingerprint density at radius 2 is 1.21 bits per heavy atom. The number of hydrogen-bond acceptors (Lipinski definition) is 16. The van der Waals surface area contributed by atoms with E-state index in [1.54, 1.807) is 20.3 Å². The first-order valence-electron chi connectivity index (χ1n) is 24.7. The molecule has 3 N–H and O–H groups in total. The van der Waals surface area contributed by atoms with Gasteiger partial charge in [0.2, 0.25) is 0 Å². The van der Waals surface area contributed by atoms with Gasteiger partial charge >= 0.3 is 48.9 Å². The maximum Gasteiger partial charge on any atom is 2.00 e. The molecule has 0 aromatic heterocycles. The van der Waals surface area contributed by atoms with Crippen LogP contribution in [0.4, 0.5) is 0 Å². The Bertz CT molecular complexity index is 1790. The van der Waals surface area contributed by atoms with Crippen LogP contribution in [0.2, 0.25) is 5.04 Å². The standard InChI is InChI=1S/C32H46O6Si.C17H32O5.2CH4.CH3.Ba.HO4S.H2/c1-9-16-29-30(37-32(6,7)36-29)27(33)21-22-28(35-23-34-8)24(2)38-39(31(3,4)5,25-17-12-10-13-18-25)26-19-14-11-15-20-26;1-7-8-15-16(22-17(4,5)21-15)13(18)9-10-14(12(2)3)20-11-19-6;;;;;1-4-5(2)3;/h10-15,17-20,24,27-30,33H,9,16,23H2,1-8H3;9-10,12-16,18H,7-8,11H2,1-6H3;2*1H4;1H3;;1H;1H/q;;;;-1;+2;-1;/b;10-9-;;;;;;/t24-,27?,28+,29-,30+;13?,14-,15+,16-;;;;;;/m01....../s1/i;;2*1T;;;;. The third kappa shape index (κ3) is 23.7. The van der Waals surface area contributed by atoms with E-state index in [0.717, 1.165) is 25.7 Å². The van der Waals surface area contributed by atoms with Crippen LogP contribution in [0.3, 0.4) is 0 Å². The molecule has 9 atom stereocenters. The van der Waals surface area contributed by atoms with Crippen LogP contribution < -0.4 is 10.4 Å². The number of benzene rings is 2. The Labute approximate surface area is 470 Å². The van der Waals surface area contributed by atoms with Crippen molar-refractivity contribution in [1.29, 1.82) is 0 Å². The Hall–Kier alpha value is -1.04. The first-order chi connectivity index (χ1) is 33.0. The smallest absolute Gasteiger partial charge is 0.401 e. The Morgan fingerprint density at radius 1 is 0.786 bits per heavy atom. The topological polar surface area (TPSA) is 187 Å². The molecule has 2 aliphatic heterocycles. The molecule has 2 aliphatic rings. The molecule has 15 nitrogen and oxygen atoms in total. The first kappa shape index (κ1) is 69.0. The van der Waals surface area contributed by atoms with Crippen molar-refractivity contribution in [1.82, 2.24) is 0 Å². The maximum absolute atomic E-state index is 11.1. The first-order valence-corrected chi connectivity index (χ1v) is 25.6. The molecule has 0 amide bonds. The van der Waals surface area contributed by atoms with Gasteiger partial charge in [-0.05, 0) is 68.8 Å². The van der Waals surface area contributed by atoms with Crippen molar-refractivity contribution in [2.24, 2.45) is 5.92 Å². The summed E-state index contributed by atoms with van der Waals surface area (Å²) in [5.41, 5.74) is 0. The minimum atomic E-state index is -2.83. The van der Waals surface area contributed by atoms with Crippen LogP contribution in [0.15, 0.2) is 72.8 Å². The van der Waals surface area contributed by atoms with Crippen LogP contribution in [0, 0.1) is 25.2 Å². The molecule has 402 valence electrons. The van der Waals surface area contributed by atoms with E-state index in [9.17, 15) is 10.2 Å². The van der Waals surface area contributed by atoms with Crippen molar-refractivity contribution >= 4 is 78.6 Å². The summed E-state index contributed by atoms with van der Waals surface area (Å²) >= 11 is 0. The Balaban J connectivity index is -0.000000595. The van der Waals surface area contributed by atoms with Gasteiger partial charge in [-0.3, -0.25) is 9.59 Å². The Morgan fingerprint density at radius 3 is 1.61 bits per heavy atom. The van der Waals surface area contributed by atoms with E-state index in [1.807, 2.05) is 52.8 Å². The normalized spacial score (nSPS) is 21.6. The molecule has 0 spiro atoms. The molecule has 4 rings (SSSR count). The van der Waals surface area contributed by atoms with Crippen LogP contribution in [0.1, 0.15) is 128 Å². The molecular formula is C52H92BaO15SSi. The summed E-state index contributed by atoms with van der Waals surface area (Å²) < 4.78 is 84.7. The van der Waals surface area contributed by atoms with Crippen LogP contribution in [0.25, 0.3) is 0 Å². The number of aliphatic hydroxyl groups excluding tert-OH is 2. The fourth-order valence-electron chi connectivity index (χ4n) is 7.97. The predicted octanol–water partition coefficient (Wildman–Crippen LogP) is 8.78. The van der Waals surface area contributed by atoms with Gasteiger partial charge in [0.25, 0.3) is 8.32 Å². The number of ether oxygens (including phenoxy) is 8. The third-order valence-electron chi connectivity index (χ3n) is 10.8. The SMILES string of the molecule is CCC[C@@H]1OC(C)(C)O[C@@H]1C(O)/C=C\[C@@H](OCOC)C(C)C.CCC[C@@H]1OC(C)(C)O[C@@H]1C(O)C#C[C@@H](OCOC)[C@H](C)O[Si](c1ccccc1)(c1ccccc1)C(C)(C)C.O=[S-](=O)OO.[3H]C.[3H]C.[Ba+2].[CH3-].[HH]. The summed E-state index contributed by atoms with van der Waals surface area (Å²) in [6.45, 7) is 24.8. The van der Waals surface area contributed by atoms with Crippen molar-refractivity contribution < 1.29 is 74.7 Å².